The Kier molecular flexibility index (Phi) is 3.91. The van der Waals surface area contributed by atoms with Crippen molar-refractivity contribution in [1.82, 2.24) is 9.88 Å². The molecule has 0 fully saturated rings. The van der Waals surface area contributed by atoms with Gasteiger partial charge in [0, 0.05) is 31.5 Å². The van der Waals surface area contributed by atoms with E-state index in [-0.39, 0.29) is 0 Å². The first-order chi connectivity index (χ1) is 8.81. The molecular formula is C14H15N3O. The van der Waals surface area contributed by atoms with Crippen molar-refractivity contribution in [3.05, 3.63) is 66.0 Å². The number of hydrogen-bond donors (Lipinski definition) is 1. The quantitative estimate of drug-likeness (QED) is 0.388. The first-order valence-corrected chi connectivity index (χ1v) is 5.69. The van der Waals surface area contributed by atoms with Crippen LogP contribution in [0.5, 0.6) is 0 Å². The van der Waals surface area contributed by atoms with E-state index in [0.717, 1.165) is 11.1 Å². The Morgan fingerprint density at radius 2 is 2.00 bits per heavy atom. The van der Waals surface area contributed by atoms with Crippen molar-refractivity contribution in [1.29, 1.82) is 0 Å². The summed E-state index contributed by atoms with van der Waals surface area (Å²) in [5.74, 6) is 0.506. The lowest BCUT2D eigenvalue weighted by molar-refractivity contribution is 0.306. The van der Waals surface area contributed by atoms with Gasteiger partial charge in [0.05, 0.1) is 0 Å². The molecule has 0 radical (unpaired) electrons. The van der Waals surface area contributed by atoms with Gasteiger partial charge >= 0.3 is 0 Å². The van der Waals surface area contributed by atoms with Crippen molar-refractivity contribution in [3.63, 3.8) is 0 Å². The van der Waals surface area contributed by atoms with E-state index in [1.165, 1.54) is 0 Å². The standard InChI is InChI=1S/C14H15N3O/c1-17(11-12-6-3-2-4-7-12)14(16-18)13-8-5-9-15-10-13/h2-10,18H,11H2,1H3/b16-14-. The Labute approximate surface area is 106 Å². The third-order valence-corrected chi connectivity index (χ3v) is 2.64. The predicted molar refractivity (Wildman–Crippen MR) is 70.5 cm³/mol. The first-order valence-electron chi connectivity index (χ1n) is 5.69. The number of aromatic nitrogens is 1. The number of rotatable bonds is 3. The summed E-state index contributed by atoms with van der Waals surface area (Å²) < 4.78 is 0. The van der Waals surface area contributed by atoms with Crippen LogP contribution in [0.1, 0.15) is 11.1 Å². The number of oxime groups is 1. The molecular weight excluding hydrogens is 226 g/mol. The number of hydrogen-bond acceptors (Lipinski definition) is 3. The third-order valence-electron chi connectivity index (χ3n) is 2.64. The maximum absolute atomic E-state index is 9.15. The fraction of sp³-hybridized carbons (Fsp3) is 0.143. The minimum Gasteiger partial charge on any atom is -0.409 e. The summed E-state index contributed by atoms with van der Waals surface area (Å²) in [4.78, 5) is 5.91. The molecule has 0 saturated heterocycles. The Bertz CT molecular complexity index is 511. The molecule has 0 aliphatic rings. The minimum atomic E-state index is 0.506. The Morgan fingerprint density at radius 1 is 1.22 bits per heavy atom. The molecule has 1 N–H and O–H groups in total. The average Bonchev–Trinajstić information content (AvgIpc) is 2.42. The summed E-state index contributed by atoms with van der Waals surface area (Å²) >= 11 is 0. The van der Waals surface area contributed by atoms with Crippen LogP contribution in [0.2, 0.25) is 0 Å². The van der Waals surface area contributed by atoms with Gasteiger partial charge in [-0.25, -0.2) is 0 Å². The highest BCUT2D eigenvalue weighted by Crippen LogP contribution is 2.08. The van der Waals surface area contributed by atoms with Gasteiger partial charge in [0.1, 0.15) is 0 Å². The van der Waals surface area contributed by atoms with Crippen LogP contribution >= 0.6 is 0 Å². The normalized spacial score (nSPS) is 11.3. The van der Waals surface area contributed by atoms with Gasteiger partial charge in [-0.05, 0) is 17.7 Å². The molecule has 0 atom stereocenters. The number of pyridine rings is 1. The van der Waals surface area contributed by atoms with Crippen LogP contribution in [0, 0.1) is 0 Å². The molecule has 1 aromatic carbocycles. The summed E-state index contributed by atoms with van der Waals surface area (Å²) in [6, 6.07) is 13.7. The van der Waals surface area contributed by atoms with Gasteiger partial charge in [0.15, 0.2) is 5.84 Å². The molecule has 0 amide bonds. The zero-order valence-electron chi connectivity index (χ0n) is 10.2. The molecule has 0 bridgehead atoms. The molecule has 0 aliphatic carbocycles. The second kappa shape index (κ2) is 5.82. The summed E-state index contributed by atoms with van der Waals surface area (Å²) in [6.45, 7) is 0.676. The van der Waals surface area contributed by atoms with E-state index in [1.807, 2.05) is 54.4 Å². The van der Waals surface area contributed by atoms with Crippen molar-refractivity contribution in [2.24, 2.45) is 5.16 Å². The van der Waals surface area contributed by atoms with Gasteiger partial charge in [-0.15, -0.1) is 0 Å². The molecule has 2 aromatic rings. The van der Waals surface area contributed by atoms with Crippen LogP contribution in [0.15, 0.2) is 60.0 Å². The van der Waals surface area contributed by atoms with E-state index < -0.39 is 0 Å². The smallest absolute Gasteiger partial charge is 0.176 e. The van der Waals surface area contributed by atoms with Crippen molar-refractivity contribution in [2.45, 2.75) is 6.54 Å². The van der Waals surface area contributed by atoms with E-state index in [4.69, 9.17) is 5.21 Å². The van der Waals surface area contributed by atoms with Gasteiger partial charge in [-0.2, -0.15) is 0 Å². The fourth-order valence-electron chi connectivity index (χ4n) is 1.78. The highest BCUT2D eigenvalue weighted by molar-refractivity contribution is 5.97. The van der Waals surface area contributed by atoms with E-state index in [0.29, 0.717) is 12.4 Å². The SMILES string of the molecule is CN(Cc1ccccc1)/C(=N\O)c1cccnc1. The van der Waals surface area contributed by atoms with Gasteiger partial charge < -0.3 is 10.1 Å². The van der Waals surface area contributed by atoms with Crippen molar-refractivity contribution in [3.8, 4) is 0 Å². The zero-order chi connectivity index (χ0) is 12.8. The van der Waals surface area contributed by atoms with Crippen molar-refractivity contribution < 1.29 is 5.21 Å². The highest BCUT2D eigenvalue weighted by Gasteiger charge is 2.10. The molecule has 0 unspecified atom stereocenters. The van der Waals surface area contributed by atoms with E-state index in [2.05, 4.69) is 10.1 Å². The molecule has 1 aromatic heterocycles. The summed E-state index contributed by atoms with van der Waals surface area (Å²) in [5, 5.41) is 12.5. The second-order valence-corrected chi connectivity index (χ2v) is 4.01. The molecule has 0 saturated carbocycles. The van der Waals surface area contributed by atoms with Gasteiger partial charge in [-0.3, -0.25) is 4.98 Å². The largest absolute Gasteiger partial charge is 0.409 e. The topological polar surface area (TPSA) is 48.7 Å². The summed E-state index contributed by atoms with van der Waals surface area (Å²) in [7, 11) is 1.88. The molecule has 0 spiro atoms. The lowest BCUT2D eigenvalue weighted by Crippen LogP contribution is -2.27. The number of amidine groups is 1. The number of benzene rings is 1. The van der Waals surface area contributed by atoms with Crippen LogP contribution in [0.4, 0.5) is 0 Å². The molecule has 4 nitrogen and oxygen atoms in total. The maximum atomic E-state index is 9.15. The predicted octanol–water partition coefficient (Wildman–Crippen LogP) is 2.35. The minimum absolute atomic E-state index is 0.506. The van der Waals surface area contributed by atoms with Gasteiger partial charge in [0.2, 0.25) is 0 Å². The molecule has 1 heterocycles. The first kappa shape index (κ1) is 12.1. The number of nitrogens with zero attached hydrogens (tertiary/aromatic N) is 3. The summed E-state index contributed by atoms with van der Waals surface area (Å²) in [5.41, 5.74) is 1.95. The third kappa shape index (κ3) is 2.85. The Balaban J connectivity index is 2.15. The molecule has 18 heavy (non-hydrogen) atoms. The summed E-state index contributed by atoms with van der Waals surface area (Å²) in [6.07, 6.45) is 3.37. The van der Waals surface area contributed by atoms with E-state index in [1.54, 1.807) is 12.4 Å². The van der Waals surface area contributed by atoms with Crippen molar-refractivity contribution in [2.75, 3.05) is 7.05 Å². The van der Waals surface area contributed by atoms with Gasteiger partial charge in [0.25, 0.3) is 0 Å². The van der Waals surface area contributed by atoms with E-state index >= 15 is 0 Å². The molecule has 4 heteroatoms. The van der Waals surface area contributed by atoms with Crippen LogP contribution in [0.3, 0.4) is 0 Å². The lowest BCUT2D eigenvalue weighted by atomic mass is 10.2. The highest BCUT2D eigenvalue weighted by atomic mass is 16.4. The van der Waals surface area contributed by atoms with E-state index in [9.17, 15) is 0 Å². The Morgan fingerprint density at radius 3 is 2.61 bits per heavy atom. The fourth-order valence-corrected chi connectivity index (χ4v) is 1.78. The van der Waals surface area contributed by atoms with Gasteiger partial charge in [-0.1, -0.05) is 35.5 Å². The second-order valence-electron chi connectivity index (χ2n) is 4.01. The van der Waals surface area contributed by atoms with Crippen LogP contribution in [0.25, 0.3) is 0 Å². The average molecular weight is 241 g/mol. The lowest BCUT2D eigenvalue weighted by Gasteiger charge is -2.19. The molecule has 92 valence electrons. The van der Waals surface area contributed by atoms with Crippen LogP contribution < -0.4 is 0 Å². The zero-order valence-corrected chi connectivity index (χ0v) is 10.2. The van der Waals surface area contributed by atoms with Crippen molar-refractivity contribution >= 4 is 5.84 Å². The van der Waals surface area contributed by atoms with Crippen LogP contribution in [-0.4, -0.2) is 28.0 Å². The van der Waals surface area contributed by atoms with Crippen LogP contribution in [-0.2, 0) is 6.54 Å². The Hall–Kier alpha value is -2.36. The maximum Gasteiger partial charge on any atom is 0.176 e. The molecule has 0 aliphatic heterocycles. The molecule has 2 rings (SSSR count). The monoisotopic (exact) mass is 241 g/mol.